The number of aliphatic hydroxyl groups is 1. The van der Waals surface area contributed by atoms with Gasteiger partial charge in [-0.2, -0.15) is 11.8 Å². The van der Waals surface area contributed by atoms with Gasteiger partial charge in [0.15, 0.2) is 0 Å². The zero-order valence-electron chi connectivity index (χ0n) is 8.52. The van der Waals surface area contributed by atoms with Crippen molar-refractivity contribution >= 4 is 11.8 Å². The van der Waals surface area contributed by atoms with Gasteiger partial charge in [0.05, 0.1) is 6.10 Å². The van der Waals surface area contributed by atoms with Crippen LogP contribution in [0.5, 0.6) is 0 Å². The summed E-state index contributed by atoms with van der Waals surface area (Å²) in [6.45, 7) is 2.15. The largest absolute Gasteiger partial charge is 0.392 e. The lowest BCUT2D eigenvalue weighted by molar-refractivity contribution is 0.200. The quantitative estimate of drug-likeness (QED) is 0.732. The van der Waals surface area contributed by atoms with E-state index in [-0.39, 0.29) is 6.10 Å². The van der Waals surface area contributed by atoms with Crippen LogP contribution in [0.15, 0.2) is 24.5 Å². The highest BCUT2D eigenvalue weighted by molar-refractivity contribution is 7.99. The molecule has 14 heavy (non-hydrogen) atoms. The Labute approximate surface area is 89.8 Å². The SMILES string of the molecule is CCCSCC(O)Cc1cccnc1. The lowest BCUT2D eigenvalue weighted by Crippen LogP contribution is -2.13. The van der Waals surface area contributed by atoms with Gasteiger partial charge in [-0.05, 0) is 23.8 Å². The first-order valence-corrected chi connectivity index (χ1v) is 6.13. The highest BCUT2D eigenvalue weighted by Crippen LogP contribution is 2.08. The molecule has 0 amide bonds. The molecule has 1 aromatic rings. The van der Waals surface area contributed by atoms with E-state index in [1.807, 2.05) is 30.1 Å². The van der Waals surface area contributed by atoms with Crippen molar-refractivity contribution in [3.05, 3.63) is 30.1 Å². The number of thioether (sulfide) groups is 1. The second kappa shape index (κ2) is 6.85. The maximum Gasteiger partial charge on any atom is 0.0671 e. The van der Waals surface area contributed by atoms with Crippen molar-refractivity contribution in [1.82, 2.24) is 4.98 Å². The fraction of sp³-hybridized carbons (Fsp3) is 0.545. The van der Waals surface area contributed by atoms with Gasteiger partial charge in [-0.3, -0.25) is 4.98 Å². The number of nitrogens with zero attached hydrogens (tertiary/aromatic N) is 1. The zero-order valence-corrected chi connectivity index (χ0v) is 9.33. The molecule has 1 atom stereocenters. The molecule has 0 aromatic carbocycles. The van der Waals surface area contributed by atoms with Gasteiger partial charge in [-0.25, -0.2) is 0 Å². The molecule has 0 aliphatic carbocycles. The molecular weight excluding hydrogens is 194 g/mol. The molecule has 2 nitrogen and oxygen atoms in total. The van der Waals surface area contributed by atoms with Crippen LogP contribution in [0.2, 0.25) is 0 Å². The molecule has 1 aromatic heterocycles. The standard InChI is InChI=1S/C11H17NOS/c1-2-6-14-9-11(13)7-10-4-3-5-12-8-10/h3-5,8,11,13H,2,6-7,9H2,1H3. The molecule has 1 rings (SSSR count). The minimum Gasteiger partial charge on any atom is -0.392 e. The molecule has 0 saturated carbocycles. The summed E-state index contributed by atoms with van der Waals surface area (Å²) in [5.74, 6) is 1.95. The van der Waals surface area contributed by atoms with Gasteiger partial charge in [-0.1, -0.05) is 13.0 Å². The third-order valence-electron chi connectivity index (χ3n) is 1.85. The first kappa shape index (κ1) is 11.5. The molecule has 78 valence electrons. The van der Waals surface area contributed by atoms with Crippen LogP contribution in [-0.2, 0) is 6.42 Å². The van der Waals surface area contributed by atoms with E-state index >= 15 is 0 Å². The Morgan fingerprint density at radius 3 is 3.07 bits per heavy atom. The van der Waals surface area contributed by atoms with Crippen LogP contribution in [0.3, 0.4) is 0 Å². The van der Waals surface area contributed by atoms with Crippen LogP contribution in [0, 0.1) is 0 Å². The van der Waals surface area contributed by atoms with E-state index in [4.69, 9.17) is 0 Å². The zero-order chi connectivity index (χ0) is 10.2. The predicted molar refractivity (Wildman–Crippen MR) is 61.6 cm³/mol. The average molecular weight is 211 g/mol. The third-order valence-corrected chi connectivity index (χ3v) is 3.17. The second-order valence-electron chi connectivity index (χ2n) is 3.29. The van der Waals surface area contributed by atoms with Crippen molar-refractivity contribution in [1.29, 1.82) is 0 Å². The van der Waals surface area contributed by atoms with Crippen LogP contribution in [0.1, 0.15) is 18.9 Å². The highest BCUT2D eigenvalue weighted by atomic mass is 32.2. The van der Waals surface area contributed by atoms with Crippen molar-refractivity contribution in [2.45, 2.75) is 25.9 Å². The van der Waals surface area contributed by atoms with E-state index < -0.39 is 0 Å². The summed E-state index contributed by atoms with van der Waals surface area (Å²) in [7, 11) is 0. The van der Waals surface area contributed by atoms with E-state index in [1.165, 1.54) is 6.42 Å². The van der Waals surface area contributed by atoms with Gasteiger partial charge in [0.2, 0.25) is 0 Å². The van der Waals surface area contributed by atoms with Gasteiger partial charge < -0.3 is 5.11 Å². The number of hydrogen-bond donors (Lipinski definition) is 1. The van der Waals surface area contributed by atoms with Crippen molar-refractivity contribution in [2.24, 2.45) is 0 Å². The van der Waals surface area contributed by atoms with E-state index in [1.54, 1.807) is 6.20 Å². The summed E-state index contributed by atoms with van der Waals surface area (Å²) in [5.41, 5.74) is 1.11. The Hall–Kier alpha value is -0.540. The van der Waals surface area contributed by atoms with Crippen LogP contribution < -0.4 is 0 Å². The Morgan fingerprint density at radius 1 is 1.57 bits per heavy atom. The lowest BCUT2D eigenvalue weighted by atomic mass is 10.1. The van der Waals surface area contributed by atoms with Gasteiger partial charge in [0, 0.05) is 24.6 Å². The number of aliphatic hydroxyl groups excluding tert-OH is 1. The molecule has 0 fully saturated rings. The van der Waals surface area contributed by atoms with Crippen molar-refractivity contribution in [3.8, 4) is 0 Å². The number of pyridine rings is 1. The first-order valence-electron chi connectivity index (χ1n) is 4.97. The maximum atomic E-state index is 9.68. The fourth-order valence-electron chi connectivity index (χ4n) is 1.21. The second-order valence-corrected chi connectivity index (χ2v) is 4.44. The van der Waals surface area contributed by atoms with E-state index in [0.29, 0.717) is 6.42 Å². The minimum absolute atomic E-state index is 0.240. The topological polar surface area (TPSA) is 33.1 Å². The van der Waals surface area contributed by atoms with Gasteiger partial charge >= 0.3 is 0 Å². The summed E-state index contributed by atoms with van der Waals surface area (Å²) in [5, 5.41) is 9.68. The van der Waals surface area contributed by atoms with Crippen LogP contribution in [0.25, 0.3) is 0 Å². The Kier molecular flexibility index (Phi) is 5.64. The van der Waals surface area contributed by atoms with E-state index in [0.717, 1.165) is 17.1 Å². The third kappa shape index (κ3) is 4.63. The minimum atomic E-state index is -0.240. The first-order chi connectivity index (χ1) is 6.83. The van der Waals surface area contributed by atoms with E-state index in [2.05, 4.69) is 11.9 Å². The lowest BCUT2D eigenvalue weighted by Gasteiger charge is -2.09. The van der Waals surface area contributed by atoms with Crippen LogP contribution >= 0.6 is 11.8 Å². The normalized spacial score (nSPS) is 12.7. The molecule has 3 heteroatoms. The monoisotopic (exact) mass is 211 g/mol. The van der Waals surface area contributed by atoms with Gasteiger partial charge in [0.25, 0.3) is 0 Å². The summed E-state index contributed by atoms with van der Waals surface area (Å²) in [6, 6.07) is 3.90. The van der Waals surface area contributed by atoms with E-state index in [9.17, 15) is 5.11 Å². The molecule has 0 spiro atoms. The highest BCUT2D eigenvalue weighted by Gasteiger charge is 2.04. The molecule has 0 saturated heterocycles. The molecule has 0 radical (unpaired) electrons. The molecule has 0 bridgehead atoms. The van der Waals surface area contributed by atoms with Gasteiger partial charge in [0.1, 0.15) is 0 Å². The molecule has 1 N–H and O–H groups in total. The molecule has 1 unspecified atom stereocenters. The van der Waals surface area contributed by atoms with Crippen molar-refractivity contribution in [2.75, 3.05) is 11.5 Å². The summed E-state index contributed by atoms with van der Waals surface area (Å²) < 4.78 is 0. The smallest absolute Gasteiger partial charge is 0.0671 e. The van der Waals surface area contributed by atoms with Crippen molar-refractivity contribution in [3.63, 3.8) is 0 Å². The number of hydrogen-bond acceptors (Lipinski definition) is 3. The van der Waals surface area contributed by atoms with Crippen molar-refractivity contribution < 1.29 is 5.11 Å². The van der Waals surface area contributed by atoms with Gasteiger partial charge in [-0.15, -0.1) is 0 Å². The number of rotatable bonds is 6. The maximum absolute atomic E-state index is 9.68. The van der Waals surface area contributed by atoms with Crippen LogP contribution in [0.4, 0.5) is 0 Å². The number of aromatic nitrogens is 1. The predicted octanol–water partition coefficient (Wildman–Crippen LogP) is 2.13. The Balaban J connectivity index is 2.23. The Morgan fingerprint density at radius 2 is 2.43 bits per heavy atom. The molecule has 0 aliphatic heterocycles. The summed E-state index contributed by atoms with van der Waals surface area (Å²) in [6.07, 6.45) is 5.21. The summed E-state index contributed by atoms with van der Waals surface area (Å²) in [4.78, 5) is 4.02. The fourth-order valence-corrected chi connectivity index (χ4v) is 2.06. The molecular formula is C11H17NOS. The molecule has 0 aliphatic rings. The average Bonchev–Trinajstić information content (AvgIpc) is 2.20. The molecule has 1 heterocycles. The Bertz CT molecular complexity index is 240. The summed E-state index contributed by atoms with van der Waals surface area (Å²) >= 11 is 1.81. The van der Waals surface area contributed by atoms with Crippen LogP contribution in [-0.4, -0.2) is 27.7 Å².